The molecule has 2 aromatic rings. The summed E-state index contributed by atoms with van der Waals surface area (Å²) >= 11 is 0. The van der Waals surface area contributed by atoms with Gasteiger partial charge in [0.1, 0.15) is 5.82 Å². The summed E-state index contributed by atoms with van der Waals surface area (Å²) in [5.41, 5.74) is 3.92. The van der Waals surface area contributed by atoms with Gasteiger partial charge in [-0.25, -0.2) is 4.98 Å². The Morgan fingerprint density at radius 2 is 1.95 bits per heavy atom. The lowest BCUT2D eigenvalue weighted by Gasteiger charge is -2.25. The number of nitrogens with one attached hydrogen (secondary N) is 1. The first-order chi connectivity index (χ1) is 9.69. The monoisotopic (exact) mass is 268 g/mol. The largest absolute Gasteiger partial charge is 0.310 e. The second-order valence-electron chi connectivity index (χ2n) is 5.59. The molecule has 0 bridgehead atoms. The number of benzene rings is 1. The maximum absolute atomic E-state index is 11.9. The number of nitrogens with zero attached hydrogens (tertiary/aromatic N) is 1. The van der Waals surface area contributed by atoms with E-state index in [9.17, 15) is 4.79 Å². The number of rotatable bonds is 3. The molecular formula is C17H20N2O. The molecule has 0 atom stereocenters. The van der Waals surface area contributed by atoms with Crippen molar-refractivity contribution in [2.75, 3.05) is 0 Å². The minimum absolute atomic E-state index is 0.0325. The lowest BCUT2D eigenvalue weighted by atomic mass is 9.80. The molecule has 1 aliphatic carbocycles. The van der Waals surface area contributed by atoms with Crippen molar-refractivity contribution in [2.24, 2.45) is 0 Å². The van der Waals surface area contributed by atoms with E-state index in [2.05, 4.69) is 34.2 Å². The van der Waals surface area contributed by atoms with E-state index < -0.39 is 0 Å². The molecule has 0 unspecified atom stereocenters. The van der Waals surface area contributed by atoms with Gasteiger partial charge in [0.2, 0.25) is 0 Å². The molecule has 1 saturated carbocycles. The lowest BCUT2D eigenvalue weighted by Crippen LogP contribution is -2.15. The maximum atomic E-state index is 11.9. The number of aromatic nitrogens is 2. The van der Waals surface area contributed by atoms with Gasteiger partial charge in [0.15, 0.2) is 0 Å². The van der Waals surface area contributed by atoms with Gasteiger partial charge in [-0.2, -0.15) is 0 Å². The first-order valence-electron chi connectivity index (χ1n) is 7.39. The normalized spacial score (nSPS) is 15.1. The Labute approximate surface area is 119 Å². The number of aryl methyl sites for hydroxylation is 1. The van der Waals surface area contributed by atoms with Crippen molar-refractivity contribution in [3.63, 3.8) is 0 Å². The average molecular weight is 268 g/mol. The van der Waals surface area contributed by atoms with Crippen LogP contribution in [0.15, 0.2) is 29.1 Å². The molecule has 1 aromatic heterocycles. The van der Waals surface area contributed by atoms with Crippen molar-refractivity contribution in [1.82, 2.24) is 9.97 Å². The number of H-pyrrole nitrogens is 1. The van der Waals surface area contributed by atoms with Crippen LogP contribution in [-0.4, -0.2) is 9.97 Å². The Hall–Kier alpha value is -1.90. The second kappa shape index (κ2) is 5.23. The summed E-state index contributed by atoms with van der Waals surface area (Å²) in [6, 6.07) is 8.57. The molecular weight excluding hydrogens is 248 g/mol. The Morgan fingerprint density at radius 1 is 1.25 bits per heavy atom. The van der Waals surface area contributed by atoms with Gasteiger partial charge >= 0.3 is 0 Å². The van der Waals surface area contributed by atoms with E-state index >= 15 is 0 Å². The third-order valence-electron chi connectivity index (χ3n) is 4.30. The van der Waals surface area contributed by atoms with Gasteiger partial charge in [0.25, 0.3) is 5.56 Å². The third-order valence-corrected chi connectivity index (χ3v) is 4.30. The smallest absolute Gasteiger partial charge is 0.254 e. The van der Waals surface area contributed by atoms with E-state index in [1.807, 2.05) is 13.8 Å². The van der Waals surface area contributed by atoms with Crippen LogP contribution in [-0.2, 0) is 6.42 Å². The molecule has 1 aromatic carbocycles. The van der Waals surface area contributed by atoms with Crippen molar-refractivity contribution >= 4 is 0 Å². The summed E-state index contributed by atoms with van der Waals surface area (Å²) in [6.07, 6.45) is 4.70. The van der Waals surface area contributed by atoms with Gasteiger partial charge in [0, 0.05) is 17.5 Å². The summed E-state index contributed by atoms with van der Waals surface area (Å²) in [7, 11) is 0. The third kappa shape index (κ3) is 2.28. The maximum Gasteiger partial charge on any atom is 0.254 e. The molecule has 1 aliphatic rings. The van der Waals surface area contributed by atoms with E-state index in [0.29, 0.717) is 5.56 Å². The second-order valence-corrected chi connectivity index (χ2v) is 5.59. The van der Waals surface area contributed by atoms with Crippen LogP contribution in [0.4, 0.5) is 0 Å². The standard InChI is InChI=1S/C17H20N2O/c1-3-15-18-16(11(2)17(20)19-15)14-9-7-13(8-10-14)12-5-4-6-12/h7-10,12H,3-6H2,1-2H3,(H,18,19,20). The van der Waals surface area contributed by atoms with Gasteiger partial charge in [-0.05, 0) is 31.2 Å². The summed E-state index contributed by atoms with van der Waals surface area (Å²) in [6.45, 7) is 3.83. The zero-order valence-electron chi connectivity index (χ0n) is 12.1. The van der Waals surface area contributed by atoms with Crippen LogP contribution < -0.4 is 5.56 Å². The fraction of sp³-hybridized carbons (Fsp3) is 0.412. The van der Waals surface area contributed by atoms with Gasteiger partial charge in [-0.3, -0.25) is 4.79 Å². The molecule has 0 amide bonds. The van der Waals surface area contributed by atoms with Gasteiger partial charge in [-0.15, -0.1) is 0 Å². The summed E-state index contributed by atoms with van der Waals surface area (Å²) in [5, 5.41) is 0. The van der Waals surface area contributed by atoms with Crippen molar-refractivity contribution in [1.29, 1.82) is 0 Å². The Kier molecular flexibility index (Phi) is 3.43. The molecule has 20 heavy (non-hydrogen) atoms. The molecule has 0 radical (unpaired) electrons. The predicted octanol–water partition coefficient (Wildman–Crippen LogP) is 3.58. The van der Waals surface area contributed by atoms with Crippen molar-refractivity contribution in [3.8, 4) is 11.3 Å². The van der Waals surface area contributed by atoms with E-state index in [1.54, 1.807) is 0 Å². The highest BCUT2D eigenvalue weighted by atomic mass is 16.1. The van der Waals surface area contributed by atoms with Crippen molar-refractivity contribution < 1.29 is 0 Å². The molecule has 0 saturated heterocycles. The van der Waals surface area contributed by atoms with Crippen LogP contribution in [0.5, 0.6) is 0 Å². The average Bonchev–Trinajstić information content (AvgIpc) is 2.41. The molecule has 0 spiro atoms. The summed E-state index contributed by atoms with van der Waals surface area (Å²) < 4.78 is 0. The zero-order chi connectivity index (χ0) is 14.1. The molecule has 1 N–H and O–H groups in total. The molecule has 1 heterocycles. The number of hydrogen-bond acceptors (Lipinski definition) is 2. The van der Waals surface area contributed by atoms with Crippen LogP contribution in [0, 0.1) is 6.92 Å². The zero-order valence-corrected chi connectivity index (χ0v) is 12.1. The lowest BCUT2D eigenvalue weighted by molar-refractivity contribution is 0.420. The van der Waals surface area contributed by atoms with Crippen LogP contribution in [0.2, 0.25) is 0 Å². The molecule has 104 valence electrons. The van der Waals surface area contributed by atoms with Gasteiger partial charge in [-0.1, -0.05) is 37.6 Å². The van der Waals surface area contributed by atoms with Crippen molar-refractivity contribution in [2.45, 2.75) is 45.4 Å². The Morgan fingerprint density at radius 3 is 2.50 bits per heavy atom. The van der Waals surface area contributed by atoms with Crippen LogP contribution in [0.1, 0.15) is 49.1 Å². The van der Waals surface area contributed by atoms with E-state index in [4.69, 9.17) is 0 Å². The summed E-state index contributed by atoms with van der Waals surface area (Å²) in [4.78, 5) is 19.3. The Bertz CT molecular complexity index is 666. The van der Waals surface area contributed by atoms with E-state index in [-0.39, 0.29) is 5.56 Å². The Balaban J connectivity index is 1.99. The molecule has 3 nitrogen and oxygen atoms in total. The van der Waals surface area contributed by atoms with Crippen LogP contribution >= 0.6 is 0 Å². The minimum Gasteiger partial charge on any atom is -0.310 e. The number of aromatic amines is 1. The van der Waals surface area contributed by atoms with E-state index in [1.165, 1.54) is 24.8 Å². The highest BCUT2D eigenvalue weighted by Gasteiger charge is 2.19. The van der Waals surface area contributed by atoms with Gasteiger partial charge < -0.3 is 4.98 Å². The van der Waals surface area contributed by atoms with Crippen molar-refractivity contribution in [3.05, 3.63) is 51.6 Å². The number of hydrogen-bond donors (Lipinski definition) is 1. The SMILES string of the molecule is CCc1nc(-c2ccc(C3CCC3)cc2)c(C)c(=O)[nH]1. The quantitative estimate of drug-likeness (QED) is 0.924. The van der Waals surface area contributed by atoms with Crippen LogP contribution in [0.3, 0.4) is 0 Å². The first kappa shape index (κ1) is 13.1. The molecule has 3 rings (SSSR count). The fourth-order valence-electron chi connectivity index (χ4n) is 2.68. The molecule has 3 heteroatoms. The fourth-order valence-corrected chi connectivity index (χ4v) is 2.68. The van der Waals surface area contributed by atoms with E-state index in [0.717, 1.165) is 29.4 Å². The highest BCUT2D eigenvalue weighted by Crippen LogP contribution is 2.36. The van der Waals surface area contributed by atoms with Gasteiger partial charge in [0.05, 0.1) is 5.69 Å². The van der Waals surface area contributed by atoms with Crippen LogP contribution in [0.25, 0.3) is 11.3 Å². The predicted molar refractivity (Wildman–Crippen MR) is 81.0 cm³/mol. The molecule has 0 aliphatic heterocycles. The topological polar surface area (TPSA) is 45.8 Å². The molecule has 1 fully saturated rings. The highest BCUT2D eigenvalue weighted by molar-refractivity contribution is 5.62. The minimum atomic E-state index is -0.0325. The first-order valence-corrected chi connectivity index (χ1v) is 7.39. The summed E-state index contributed by atoms with van der Waals surface area (Å²) in [5.74, 6) is 1.49.